The summed E-state index contributed by atoms with van der Waals surface area (Å²) in [6.45, 7) is 1.83. The van der Waals surface area contributed by atoms with Gasteiger partial charge in [-0.25, -0.2) is 17.8 Å². The molecule has 1 aromatic heterocycles. The number of aryl methyl sites for hydroxylation is 1. The van der Waals surface area contributed by atoms with Gasteiger partial charge in [0, 0.05) is 23.5 Å². The van der Waals surface area contributed by atoms with Crippen LogP contribution in [0.5, 0.6) is 0 Å². The highest BCUT2D eigenvalue weighted by atomic mass is 32.2. The second-order valence-electron chi connectivity index (χ2n) is 5.59. The molecule has 122 valence electrons. The van der Waals surface area contributed by atoms with Crippen molar-refractivity contribution in [2.45, 2.75) is 19.4 Å². The number of halogens is 1. The summed E-state index contributed by atoms with van der Waals surface area (Å²) in [5.74, 6) is 0.936. The Labute approximate surface area is 134 Å². The molecule has 2 N–H and O–H groups in total. The molecule has 8 heteroatoms. The predicted molar refractivity (Wildman–Crippen MR) is 87.1 cm³/mol. The lowest BCUT2D eigenvalue weighted by atomic mass is 10.3. The van der Waals surface area contributed by atoms with Gasteiger partial charge < -0.3 is 10.6 Å². The van der Waals surface area contributed by atoms with Gasteiger partial charge in [0.1, 0.15) is 11.6 Å². The molecule has 0 amide bonds. The summed E-state index contributed by atoms with van der Waals surface area (Å²) in [5, 5.41) is 6.15. The number of anilines is 3. The summed E-state index contributed by atoms with van der Waals surface area (Å²) in [6.07, 6.45) is 0.556. The molecule has 1 aliphatic rings. The fourth-order valence-electron chi connectivity index (χ4n) is 2.47. The lowest BCUT2D eigenvalue weighted by Crippen LogP contribution is -2.22. The van der Waals surface area contributed by atoms with Gasteiger partial charge in [-0.15, -0.1) is 0 Å². The molecule has 0 aliphatic carbocycles. The van der Waals surface area contributed by atoms with Crippen LogP contribution in [-0.2, 0) is 9.84 Å². The monoisotopic (exact) mass is 336 g/mol. The Morgan fingerprint density at radius 3 is 2.61 bits per heavy atom. The molecule has 0 radical (unpaired) electrons. The maximum absolute atomic E-state index is 12.9. The minimum Gasteiger partial charge on any atom is -0.350 e. The summed E-state index contributed by atoms with van der Waals surface area (Å²) in [7, 11) is -2.96. The Kier molecular flexibility index (Phi) is 4.16. The van der Waals surface area contributed by atoms with E-state index < -0.39 is 9.84 Å². The zero-order valence-corrected chi connectivity index (χ0v) is 13.4. The standard InChI is InChI=1S/C15H17FN4O2S/c1-10-8-14(18-12-4-2-11(16)3-5-12)20-15(17-10)19-13-6-7-23(21,22)9-13/h2-5,8,13H,6-7,9H2,1H3,(H2,17,18,19,20). The fraction of sp³-hybridized carbons (Fsp3) is 0.333. The van der Waals surface area contributed by atoms with Crippen molar-refractivity contribution in [2.24, 2.45) is 0 Å². The number of hydrogen-bond acceptors (Lipinski definition) is 6. The van der Waals surface area contributed by atoms with Gasteiger partial charge in [-0.05, 0) is 37.6 Å². The Bertz CT molecular complexity index is 809. The molecular formula is C15H17FN4O2S. The quantitative estimate of drug-likeness (QED) is 0.891. The summed E-state index contributed by atoms with van der Waals surface area (Å²) < 4.78 is 36.0. The van der Waals surface area contributed by atoms with Gasteiger partial charge in [-0.3, -0.25) is 0 Å². The van der Waals surface area contributed by atoms with Gasteiger partial charge in [0.15, 0.2) is 9.84 Å². The highest BCUT2D eigenvalue weighted by molar-refractivity contribution is 7.91. The molecule has 1 aliphatic heterocycles. The first kappa shape index (κ1) is 15.7. The minimum atomic E-state index is -2.96. The lowest BCUT2D eigenvalue weighted by Gasteiger charge is -2.13. The largest absolute Gasteiger partial charge is 0.350 e. The van der Waals surface area contributed by atoms with E-state index in [2.05, 4.69) is 20.6 Å². The van der Waals surface area contributed by atoms with E-state index in [0.717, 1.165) is 5.69 Å². The maximum Gasteiger partial charge on any atom is 0.225 e. The molecule has 1 atom stereocenters. The molecule has 0 bridgehead atoms. The Morgan fingerprint density at radius 2 is 1.96 bits per heavy atom. The molecule has 0 saturated carbocycles. The lowest BCUT2D eigenvalue weighted by molar-refractivity contribution is 0.602. The molecule has 0 spiro atoms. The van der Waals surface area contributed by atoms with E-state index >= 15 is 0 Å². The molecule has 1 unspecified atom stereocenters. The average Bonchev–Trinajstić information content (AvgIpc) is 2.80. The van der Waals surface area contributed by atoms with Crippen molar-refractivity contribution in [3.05, 3.63) is 41.8 Å². The third-order valence-electron chi connectivity index (χ3n) is 3.54. The van der Waals surface area contributed by atoms with Crippen LogP contribution in [0.3, 0.4) is 0 Å². The normalized spacial score (nSPS) is 19.5. The summed E-state index contributed by atoms with van der Waals surface area (Å²) >= 11 is 0. The van der Waals surface area contributed by atoms with Crippen LogP contribution in [0, 0.1) is 12.7 Å². The first-order valence-corrected chi connectivity index (χ1v) is 9.07. The number of nitrogens with one attached hydrogen (secondary N) is 2. The maximum atomic E-state index is 12.9. The molecule has 2 aromatic rings. The van der Waals surface area contributed by atoms with Crippen molar-refractivity contribution in [3.63, 3.8) is 0 Å². The van der Waals surface area contributed by atoms with Crippen LogP contribution in [0.4, 0.5) is 21.8 Å². The summed E-state index contributed by atoms with van der Waals surface area (Å²) in [4.78, 5) is 8.62. The number of sulfone groups is 1. The van der Waals surface area contributed by atoms with Crippen LogP contribution in [0.1, 0.15) is 12.1 Å². The average molecular weight is 336 g/mol. The van der Waals surface area contributed by atoms with Crippen LogP contribution >= 0.6 is 0 Å². The first-order chi connectivity index (χ1) is 10.9. The van der Waals surface area contributed by atoms with E-state index in [1.807, 2.05) is 6.92 Å². The predicted octanol–water partition coefficient (Wildman–Crippen LogP) is 2.27. The van der Waals surface area contributed by atoms with Crippen LogP contribution in [0.25, 0.3) is 0 Å². The van der Waals surface area contributed by atoms with Gasteiger partial charge in [-0.2, -0.15) is 4.98 Å². The van der Waals surface area contributed by atoms with Crippen molar-refractivity contribution in [1.29, 1.82) is 0 Å². The number of hydrogen-bond donors (Lipinski definition) is 2. The summed E-state index contributed by atoms with van der Waals surface area (Å²) in [6, 6.07) is 7.55. The topological polar surface area (TPSA) is 84.0 Å². The number of benzene rings is 1. The van der Waals surface area contributed by atoms with Crippen molar-refractivity contribution in [3.8, 4) is 0 Å². The van der Waals surface area contributed by atoms with E-state index in [1.54, 1.807) is 18.2 Å². The van der Waals surface area contributed by atoms with E-state index in [9.17, 15) is 12.8 Å². The minimum absolute atomic E-state index is 0.102. The highest BCUT2D eigenvalue weighted by Crippen LogP contribution is 2.19. The molecular weight excluding hydrogens is 319 g/mol. The molecule has 1 saturated heterocycles. The van der Waals surface area contributed by atoms with Crippen LogP contribution in [0.15, 0.2) is 30.3 Å². The van der Waals surface area contributed by atoms with Crippen molar-refractivity contribution in [1.82, 2.24) is 9.97 Å². The second-order valence-corrected chi connectivity index (χ2v) is 7.82. The Hall–Kier alpha value is -2.22. The third-order valence-corrected chi connectivity index (χ3v) is 5.30. The highest BCUT2D eigenvalue weighted by Gasteiger charge is 2.28. The van der Waals surface area contributed by atoms with Gasteiger partial charge in [0.05, 0.1) is 11.5 Å². The molecule has 2 heterocycles. The van der Waals surface area contributed by atoms with Crippen LogP contribution in [-0.4, -0.2) is 35.9 Å². The molecule has 3 rings (SSSR count). The Morgan fingerprint density at radius 1 is 1.22 bits per heavy atom. The molecule has 1 aromatic carbocycles. The third kappa shape index (κ3) is 4.16. The SMILES string of the molecule is Cc1cc(Nc2ccc(F)cc2)nc(NC2CCS(=O)(=O)C2)n1. The molecule has 23 heavy (non-hydrogen) atoms. The number of aromatic nitrogens is 2. The summed E-state index contributed by atoms with van der Waals surface area (Å²) in [5.41, 5.74) is 1.45. The van der Waals surface area contributed by atoms with Gasteiger partial charge >= 0.3 is 0 Å². The van der Waals surface area contributed by atoms with E-state index in [0.29, 0.717) is 23.9 Å². The van der Waals surface area contributed by atoms with Crippen LogP contribution < -0.4 is 10.6 Å². The van der Waals surface area contributed by atoms with Gasteiger partial charge in [0.2, 0.25) is 5.95 Å². The van der Waals surface area contributed by atoms with Crippen molar-refractivity contribution < 1.29 is 12.8 Å². The van der Waals surface area contributed by atoms with E-state index in [-0.39, 0.29) is 23.4 Å². The van der Waals surface area contributed by atoms with Gasteiger partial charge in [0.25, 0.3) is 0 Å². The number of nitrogens with zero attached hydrogens (tertiary/aromatic N) is 2. The first-order valence-electron chi connectivity index (χ1n) is 7.25. The van der Waals surface area contributed by atoms with Crippen molar-refractivity contribution in [2.75, 3.05) is 22.1 Å². The van der Waals surface area contributed by atoms with Gasteiger partial charge in [-0.1, -0.05) is 0 Å². The van der Waals surface area contributed by atoms with Crippen molar-refractivity contribution >= 4 is 27.3 Å². The molecule has 1 fully saturated rings. The molecule has 6 nitrogen and oxygen atoms in total. The number of rotatable bonds is 4. The zero-order chi connectivity index (χ0) is 16.4. The van der Waals surface area contributed by atoms with E-state index in [1.165, 1.54) is 12.1 Å². The second kappa shape index (κ2) is 6.11. The van der Waals surface area contributed by atoms with Crippen LogP contribution in [0.2, 0.25) is 0 Å². The Balaban J connectivity index is 1.75. The zero-order valence-electron chi connectivity index (χ0n) is 12.6. The smallest absolute Gasteiger partial charge is 0.225 e. The van der Waals surface area contributed by atoms with E-state index in [4.69, 9.17) is 0 Å². The fourth-order valence-corrected chi connectivity index (χ4v) is 4.14.